The van der Waals surface area contributed by atoms with Crippen LogP contribution in [0.2, 0.25) is 0 Å². The second kappa shape index (κ2) is 4.21. The van der Waals surface area contributed by atoms with Gasteiger partial charge in [-0.15, -0.1) is 11.3 Å². The van der Waals surface area contributed by atoms with E-state index >= 15 is 0 Å². The molecule has 0 saturated heterocycles. The summed E-state index contributed by atoms with van der Waals surface area (Å²) in [5.74, 6) is -0.383. The van der Waals surface area contributed by atoms with Crippen LogP contribution in [0.1, 0.15) is 17.6 Å². The number of thiazole rings is 1. The molecular formula is C8H11F3N2O2S2. The molecule has 1 aromatic rings. The lowest BCUT2D eigenvalue weighted by Gasteiger charge is -2.25. The number of sulfone groups is 1. The SMILES string of the molecule is CC(N)(c1csc(CS(C)(=O)=O)n1)C(F)(F)F. The maximum Gasteiger partial charge on any atom is 0.411 e. The number of alkyl halides is 3. The summed E-state index contributed by atoms with van der Waals surface area (Å²) in [4.78, 5) is 3.63. The Morgan fingerprint density at radius 1 is 1.47 bits per heavy atom. The van der Waals surface area contributed by atoms with Crippen LogP contribution >= 0.6 is 11.3 Å². The predicted octanol–water partition coefficient (Wildman–Crippen LogP) is 1.42. The van der Waals surface area contributed by atoms with Crippen molar-refractivity contribution in [3.05, 3.63) is 16.1 Å². The van der Waals surface area contributed by atoms with Crippen molar-refractivity contribution in [3.63, 3.8) is 0 Å². The summed E-state index contributed by atoms with van der Waals surface area (Å²) in [7, 11) is -3.32. The van der Waals surface area contributed by atoms with Gasteiger partial charge in [0.1, 0.15) is 10.8 Å². The maximum atomic E-state index is 12.6. The molecule has 1 unspecified atom stereocenters. The molecule has 1 rings (SSSR count). The highest BCUT2D eigenvalue weighted by molar-refractivity contribution is 7.90. The third kappa shape index (κ3) is 3.39. The van der Waals surface area contributed by atoms with Crippen LogP contribution in [0.5, 0.6) is 0 Å². The first-order valence-electron chi connectivity index (χ1n) is 4.42. The Morgan fingerprint density at radius 2 is 2.00 bits per heavy atom. The summed E-state index contributed by atoms with van der Waals surface area (Å²) in [6.07, 6.45) is -3.65. The van der Waals surface area contributed by atoms with E-state index in [1.54, 1.807) is 0 Å². The molecule has 0 fully saturated rings. The van der Waals surface area contributed by atoms with Gasteiger partial charge in [-0.05, 0) is 6.92 Å². The number of halogens is 3. The molecule has 17 heavy (non-hydrogen) atoms. The average Bonchev–Trinajstić information content (AvgIpc) is 2.47. The van der Waals surface area contributed by atoms with E-state index in [1.807, 2.05) is 0 Å². The average molecular weight is 288 g/mol. The molecule has 1 heterocycles. The molecule has 0 aliphatic rings. The second-order valence-electron chi connectivity index (χ2n) is 3.90. The Kier molecular flexibility index (Phi) is 3.57. The van der Waals surface area contributed by atoms with Gasteiger partial charge < -0.3 is 5.73 Å². The highest BCUT2D eigenvalue weighted by Gasteiger charge is 2.51. The Bertz CT molecular complexity index is 505. The van der Waals surface area contributed by atoms with Gasteiger partial charge in [0.05, 0.1) is 5.69 Å². The van der Waals surface area contributed by atoms with Gasteiger partial charge in [-0.1, -0.05) is 0 Å². The molecular weight excluding hydrogens is 277 g/mol. The molecule has 0 spiro atoms. The largest absolute Gasteiger partial charge is 0.411 e. The lowest BCUT2D eigenvalue weighted by Crippen LogP contribution is -2.48. The molecule has 0 saturated carbocycles. The summed E-state index contributed by atoms with van der Waals surface area (Å²) < 4.78 is 59.7. The molecule has 1 atom stereocenters. The monoisotopic (exact) mass is 288 g/mol. The normalized spacial score (nSPS) is 16.8. The number of aromatic nitrogens is 1. The van der Waals surface area contributed by atoms with E-state index in [9.17, 15) is 21.6 Å². The fourth-order valence-corrected chi connectivity index (χ4v) is 3.11. The van der Waals surface area contributed by atoms with E-state index in [4.69, 9.17) is 5.73 Å². The van der Waals surface area contributed by atoms with Crippen molar-refractivity contribution in [1.29, 1.82) is 0 Å². The number of hydrogen-bond donors (Lipinski definition) is 1. The zero-order valence-electron chi connectivity index (χ0n) is 9.08. The second-order valence-corrected chi connectivity index (χ2v) is 6.98. The highest BCUT2D eigenvalue weighted by Crippen LogP contribution is 2.36. The summed E-state index contributed by atoms with van der Waals surface area (Å²) >= 11 is 0.849. The van der Waals surface area contributed by atoms with Crippen LogP contribution < -0.4 is 5.73 Å². The Labute approximate surface area is 101 Å². The number of nitrogens with zero attached hydrogens (tertiary/aromatic N) is 1. The smallest absolute Gasteiger partial charge is 0.313 e. The van der Waals surface area contributed by atoms with Crippen molar-refractivity contribution in [2.75, 3.05) is 6.26 Å². The van der Waals surface area contributed by atoms with Crippen LogP contribution in [0, 0.1) is 0 Å². The summed E-state index contributed by atoms with van der Waals surface area (Å²) in [6.45, 7) is 0.798. The lowest BCUT2D eigenvalue weighted by molar-refractivity contribution is -0.185. The van der Waals surface area contributed by atoms with Crippen LogP contribution in [0.3, 0.4) is 0 Å². The van der Waals surface area contributed by atoms with Gasteiger partial charge in [0, 0.05) is 11.6 Å². The minimum Gasteiger partial charge on any atom is -0.313 e. The van der Waals surface area contributed by atoms with E-state index in [1.165, 1.54) is 0 Å². The number of nitrogens with two attached hydrogens (primary N) is 1. The van der Waals surface area contributed by atoms with Crippen LogP contribution in [0.25, 0.3) is 0 Å². The fraction of sp³-hybridized carbons (Fsp3) is 0.625. The van der Waals surface area contributed by atoms with Crippen molar-refractivity contribution < 1.29 is 21.6 Å². The van der Waals surface area contributed by atoms with Crippen molar-refractivity contribution in [2.45, 2.75) is 24.4 Å². The maximum absolute atomic E-state index is 12.6. The zero-order chi connectivity index (χ0) is 13.5. The first kappa shape index (κ1) is 14.4. The molecule has 0 amide bonds. The van der Waals surface area contributed by atoms with Gasteiger partial charge in [-0.25, -0.2) is 13.4 Å². The first-order valence-corrected chi connectivity index (χ1v) is 7.36. The van der Waals surface area contributed by atoms with Crippen LogP contribution in [-0.2, 0) is 21.1 Å². The third-order valence-corrected chi connectivity index (χ3v) is 3.89. The third-order valence-electron chi connectivity index (χ3n) is 2.06. The molecule has 0 aromatic carbocycles. The molecule has 0 aliphatic carbocycles. The topological polar surface area (TPSA) is 73.1 Å². The molecule has 9 heteroatoms. The van der Waals surface area contributed by atoms with Gasteiger partial charge in [-0.2, -0.15) is 13.2 Å². The lowest BCUT2D eigenvalue weighted by atomic mass is 10.00. The van der Waals surface area contributed by atoms with Gasteiger partial charge in [-0.3, -0.25) is 0 Å². The number of rotatable bonds is 3. The predicted molar refractivity (Wildman–Crippen MR) is 58.3 cm³/mol. The van der Waals surface area contributed by atoms with Crippen LogP contribution in [0.15, 0.2) is 5.38 Å². The van der Waals surface area contributed by atoms with E-state index in [0.29, 0.717) is 0 Å². The summed E-state index contributed by atoms with van der Waals surface area (Å²) in [6, 6.07) is 0. The standard InChI is InChI=1S/C8H11F3N2O2S2/c1-7(12,8(9,10)11)5-3-16-6(13-5)4-17(2,14)15/h3H,4,12H2,1-2H3. The Balaban J connectivity index is 3.04. The molecule has 2 N–H and O–H groups in total. The van der Waals surface area contributed by atoms with Gasteiger partial charge in [0.2, 0.25) is 0 Å². The van der Waals surface area contributed by atoms with Gasteiger partial charge in [0.15, 0.2) is 15.4 Å². The van der Waals surface area contributed by atoms with Gasteiger partial charge >= 0.3 is 6.18 Å². The van der Waals surface area contributed by atoms with Crippen molar-refractivity contribution in [1.82, 2.24) is 4.98 Å². The molecule has 0 radical (unpaired) electrons. The van der Waals surface area contributed by atoms with Crippen molar-refractivity contribution in [2.24, 2.45) is 5.73 Å². The van der Waals surface area contributed by atoms with Crippen molar-refractivity contribution in [3.8, 4) is 0 Å². The Morgan fingerprint density at radius 3 is 2.41 bits per heavy atom. The van der Waals surface area contributed by atoms with E-state index in [-0.39, 0.29) is 16.5 Å². The summed E-state index contributed by atoms with van der Waals surface area (Å²) in [5.41, 5.74) is 2.22. The highest BCUT2D eigenvalue weighted by atomic mass is 32.2. The molecule has 0 bridgehead atoms. The quantitative estimate of drug-likeness (QED) is 0.913. The molecule has 98 valence electrons. The minimum absolute atomic E-state index is 0.100. The van der Waals surface area contributed by atoms with E-state index in [0.717, 1.165) is 29.9 Å². The Hall–Kier alpha value is -0.670. The molecule has 4 nitrogen and oxygen atoms in total. The zero-order valence-corrected chi connectivity index (χ0v) is 10.7. The fourth-order valence-electron chi connectivity index (χ4n) is 0.985. The van der Waals surface area contributed by atoms with Crippen molar-refractivity contribution >= 4 is 21.2 Å². The molecule has 1 aromatic heterocycles. The van der Waals surface area contributed by atoms with Crippen LogP contribution in [-0.4, -0.2) is 25.8 Å². The van der Waals surface area contributed by atoms with Crippen LogP contribution in [0.4, 0.5) is 13.2 Å². The number of hydrogen-bond acceptors (Lipinski definition) is 5. The van der Waals surface area contributed by atoms with E-state index in [2.05, 4.69) is 4.98 Å². The minimum atomic E-state index is -4.64. The summed E-state index contributed by atoms with van der Waals surface area (Å²) in [5, 5.41) is 1.23. The first-order chi connectivity index (χ1) is 7.43. The molecule has 0 aliphatic heterocycles. The van der Waals surface area contributed by atoms with E-state index < -0.39 is 21.6 Å². The van der Waals surface area contributed by atoms with Gasteiger partial charge in [0.25, 0.3) is 0 Å².